The van der Waals surface area contributed by atoms with Gasteiger partial charge in [0.15, 0.2) is 0 Å². The summed E-state index contributed by atoms with van der Waals surface area (Å²) in [5, 5.41) is 13.2. The van der Waals surface area contributed by atoms with E-state index >= 15 is 0 Å². The number of nitro groups is 1. The van der Waals surface area contributed by atoms with Crippen LogP contribution in [0.5, 0.6) is 0 Å². The Morgan fingerprint density at radius 3 is 2.50 bits per heavy atom. The number of nitrogens with zero attached hydrogens (tertiary/aromatic N) is 2. The monoisotopic (exact) mass is 223 g/mol. The van der Waals surface area contributed by atoms with Crippen LogP contribution in [0.25, 0.3) is 0 Å². The standard InChI is InChI=1S/C10H13N3O3/c1-7(14)11-9-5-4-8(13(15)16)6-10(9)12(2)3/h4-6H,1-3H3,(H,11,14). The van der Waals surface area contributed by atoms with Crippen molar-refractivity contribution < 1.29 is 9.72 Å². The van der Waals surface area contributed by atoms with Gasteiger partial charge in [-0.25, -0.2) is 0 Å². The number of nitro benzene ring substituents is 1. The summed E-state index contributed by atoms with van der Waals surface area (Å²) in [5.74, 6) is -0.211. The minimum Gasteiger partial charge on any atom is -0.376 e. The van der Waals surface area contributed by atoms with E-state index in [-0.39, 0.29) is 11.6 Å². The number of hydrogen-bond acceptors (Lipinski definition) is 4. The van der Waals surface area contributed by atoms with E-state index in [1.807, 2.05) is 0 Å². The molecular formula is C10H13N3O3. The zero-order chi connectivity index (χ0) is 12.3. The highest BCUT2D eigenvalue weighted by Crippen LogP contribution is 2.28. The molecule has 0 aromatic heterocycles. The van der Waals surface area contributed by atoms with Crippen LogP contribution in [-0.4, -0.2) is 24.9 Å². The van der Waals surface area contributed by atoms with Crippen LogP contribution >= 0.6 is 0 Å². The van der Waals surface area contributed by atoms with Crippen LogP contribution in [0.2, 0.25) is 0 Å². The van der Waals surface area contributed by atoms with Crippen LogP contribution in [0.4, 0.5) is 17.1 Å². The van der Waals surface area contributed by atoms with E-state index in [1.54, 1.807) is 19.0 Å². The van der Waals surface area contributed by atoms with Crippen LogP contribution < -0.4 is 10.2 Å². The molecule has 16 heavy (non-hydrogen) atoms. The molecule has 0 bridgehead atoms. The lowest BCUT2D eigenvalue weighted by atomic mass is 10.2. The van der Waals surface area contributed by atoms with Crippen molar-refractivity contribution >= 4 is 23.0 Å². The average molecular weight is 223 g/mol. The first-order chi connectivity index (χ1) is 7.41. The van der Waals surface area contributed by atoms with Gasteiger partial charge in [-0.15, -0.1) is 0 Å². The Balaban J connectivity index is 3.19. The van der Waals surface area contributed by atoms with E-state index in [0.29, 0.717) is 11.4 Å². The zero-order valence-electron chi connectivity index (χ0n) is 9.35. The van der Waals surface area contributed by atoms with E-state index in [4.69, 9.17) is 0 Å². The molecular weight excluding hydrogens is 210 g/mol. The maximum Gasteiger partial charge on any atom is 0.271 e. The number of carbonyl (C=O) groups excluding carboxylic acids is 1. The molecule has 86 valence electrons. The van der Waals surface area contributed by atoms with Crippen molar-refractivity contribution in [2.75, 3.05) is 24.3 Å². The van der Waals surface area contributed by atoms with Gasteiger partial charge in [-0.3, -0.25) is 14.9 Å². The molecule has 0 aliphatic heterocycles. The minimum atomic E-state index is -0.468. The van der Waals surface area contributed by atoms with Crippen molar-refractivity contribution in [2.24, 2.45) is 0 Å². The number of anilines is 2. The minimum absolute atomic E-state index is 0.00204. The molecule has 1 aromatic carbocycles. The smallest absolute Gasteiger partial charge is 0.271 e. The second kappa shape index (κ2) is 4.61. The fourth-order valence-electron chi connectivity index (χ4n) is 1.30. The fraction of sp³-hybridized carbons (Fsp3) is 0.300. The van der Waals surface area contributed by atoms with Gasteiger partial charge < -0.3 is 10.2 Å². The molecule has 1 amide bonds. The first-order valence-corrected chi connectivity index (χ1v) is 4.65. The van der Waals surface area contributed by atoms with E-state index in [2.05, 4.69) is 5.32 Å². The Bertz CT molecular complexity index is 429. The summed E-state index contributed by atoms with van der Waals surface area (Å²) in [6.45, 7) is 1.39. The molecule has 0 atom stereocenters. The Morgan fingerprint density at radius 2 is 2.06 bits per heavy atom. The SMILES string of the molecule is CC(=O)Nc1ccc([N+](=O)[O-])cc1N(C)C. The third kappa shape index (κ3) is 2.69. The first-order valence-electron chi connectivity index (χ1n) is 4.65. The molecule has 1 N–H and O–H groups in total. The Morgan fingerprint density at radius 1 is 1.44 bits per heavy atom. The molecule has 0 spiro atoms. The maximum absolute atomic E-state index is 10.9. The van der Waals surface area contributed by atoms with E-state index in [1.165, 1.54) is 25.1 Å². The van der Waals surface area contributed by atoms with Gasteiger partial charge in [0.05, 0.1) is 16.3 Å². The molecule has 0 heterocycles. The lowest BCUT2D eigenvalue weighted by molar-refractivity contribution is -0.384. The number of amides is 1. The molecule has 6 heteroatoms. The molecule has 0 aliphatic carbocycles. The van der Waals surface area contributed by atoms with Gasteiger partial charge in [0.1, 0.15) is 0 Å². The van der Waals surface area contributed by atoms with Gasteiger partial charge in [-0.2, -0.15) is 0 Å². The van der Waals surface area contributed by atoms with Crippen LogP contribution in [0.1, 0.15) is 6.92 Å². The van der Waals surface area contributed by atoms with Gasteiger partial charge >= 0.3 is 0 Å². The van der Waals surface area contributed by atoms with Gasteiger partial charge in [0, 0.05) is 33.2 Å². The number of carbonyl (C=O) groups is 1. The lowest BCUT2D eigenvalue weighted by Crippen LogP contribution is -2.14. The lowest BCUT2D eigenvalue weighted by Gasteiger charge is -2.17. The number of benzene rings is 1. The largest absolute Gasteiger partial charge is 0.376 e. The Labute approximate surface area is 93.0 Å². The quantitative estimate of drug-likeness (QED) is 0.624. The third-order valence-electron chi connectivity index (χ3n) is 1.98. The highest BCUT2D eigenvalue weighted by atomic mass is 16.6. The van der Waals surface area contributed by atoms with Crippen LogP contribution in [0.3, 0.4) is 0 Å². The summed E-state index contributed by atoms with van der Waals surface area (Å²) in [5.41, 5.74) is 1.16. The van der Waals surface area contributed by atoms with E-state index in [9.17, 15) is 14.9 Å². The summed E-state index contributed by atoms with van der Waals surface area (Å²) in [4.78, 5) is 22.8. The van der Waals surface area contributed by atoms with Crippen LogP contribution in [0, 0.1) is 10.1 Å². The van der Waals surface area contributed by atoms with Crippen molar-refractivity contribution in [3.05, 3.63) is 28.3 Å². The van der Waals surface area contributed by atoms with E-state index in [0.717, 1.165) is 0 Å². The second-order valence-corrected chi connectivity index (χ2v) is 3.53. The summed E-state index contributed by atoms with van der Waals surface area (Å²) in [6, 6.07) is 4.30. The van der Waals surface area contributed by atoms with Gasteiger partial charge in [-0.1, -0.05) is 0 Å². The highest BCUT2D eigenvalue weighted by molar-refractivity contribution is 5.93. The summed E-state index contributed by atoms with van der Waals surface area (Å²) in [6.07, 6.45) is 0. The van der Waals surface area contributed by atoms with Crippen LogP contribution in [0.15, 0.2) is 18.2 Å². The Hall–Kier alpha value is -2.11. The number of rotatable bonds is 3. The number of non-ortho nitro benzene ring substituents is 1. The predicted molar refractivity (Wildman–Crippen MR) is 61.7 cm³/mol. The summed E-state index contributed by atoms with van der Waals surface area (Å²) >= 11 is 0. The van der Waals surface area contributed by atoms with Gasteiger partial charge in [0.25, 0.3) is 5.69 Å². The molecule has 6 nitrogen and oxygen atoms in total. The molecule has 0 saturated heterocycles. The molecule has 0 fully saturated rings. The highest BCUT2D eigenvalue weighted by Gasteiger charge is 2.12. The fourth-order valence-corrected chi connectivity index (χ4v) is 1.30. The van der Waals surface area contributed by atoms with Crippen molar-refractivity contribution in [2.45, 2.75) is 6.92 Å². The third-order valence-corrected chi connectivity index (χ3v) is 1.98. The number of nitrogens with one attached hydrogen (secondary N) is 1. The molecule has 0 saturated carbocycles. The molecule has 0 radical (unpaired) electrons. The maximum atomic E-state index is 10.9. The normalized spacial score (nSPS) is 9.69. The average Bonchev–Trinajstić information content (AvgIpc) is 2.16. The van der Waals surface area contributed by atoms with E-state index < -0.39 is 4.92 Å². The second-order valence-electron chi connectivity index (χ2n) is 3.53. The summed E-state index contributed by atoms with van der Waals surface area (Å²) < 4.78 is 0. The predicted octanol–water partition coefficient (Wildman–Crippen LogP) is 1.62. The number of hydrogen-bond donors (Lipinski definition) is 1. The van der Waals surface area contributed by atoms with Crippen molar-refractivity contribution in [3.8, 4) is 0 Å². The molecule has 1 aromatic rings. The van der Waals surface area contributed by atoms with Crippen LogP contribution in [-0.2, 0) is 4.79 Å². The van der Waals surface area contributed by atoms with Gasteiger partial charge in [-0.05, 0) is 6.07 Å². The topological polar surface area (TPSA) is 75.5 Å². The first kappa shape index (κ1) is 12.0. The molecule has 0 aliphatic rings. The van der Waals surface area contributed by atoms with Gasteiger partial charge in [0.2, 0.25) is 5.91 Å². The van der Waals surface area contributed by atoms with Crippen molar-refractivity contribution in [3.63, 3.8) is 0 Å². The summed E-state index contributed by atoms with van der Waals surface area (Å²) in [7, 11) is 3.51. The van der Waals surface area contributed by atoms with Crippen molar-refractivity contribution in [1.29, 1.82) is 0 Å². The molecule has 1 rings (SSSR count). The molecule has 0 unspecified atom stereocenters. The van der Waals surface area contributed by atoms with Crippen molar-refractivity contribution in [1.82, 2.24) is 0 Å². The zero-order valence-corrected chi connectivity index (χ0v) is 9.35. The Kier molecular flexibility index (Phi) is 3.44.